The highest BCUT2D eigenvalue weighted by molar-refractivity contribution is 5.89. The van der Waals surface area contributed by atoms with Crippen LogP contribution < -0.4 is 20.1 Å². The van der Waals surface area contributed by atoms with E-state index in [0.29, 0.717) is 24.3 Å². The van der Waals surface area contributed by atoms with Crippen LogP contribution in [0.5, 0.6) is 11.5 Å². The number of carbonyl (C=O) groups is 3. The van der Waals surface area contributed by atoms with Gasteiger partial charge in [-0.05, 0) is 24.1 Å². The number of amides is 2. The van der Waals surface area contributed by atoms with E-state index >= 15 is 0 Å². The second-order valence-electron chi connectivity index (χ2n) is 5.23. The monoisotopic (exact) mass is 320 g/mol. The van der Waals surface area contributed by atoms with Crippen LogP contribution in [-0.2, 0) is 25.7 Å². The largest absolute Gasteiger partial charge is 0.454 e. The van der Waals surface area contributed by atoms with Crippen molar-refractivity contribution in [2.45, 2.75) is 25.4 Å². The molecule has 8 heteroatoms. The van der Waals surface area contributed by atoms with Gasteiger partial charge in [0, 0.05) is 13.0 Å². The van der Waals surface area contributed by atoms with Gasteiger partial charge in [-0.15, -0.1) is 0 Å². The van der Waals surface area contributed by atoms with E-state index in [-0.39, 0.29) is 25.9 Å². The SMILES string of the molecule is O=C(COC(=O)C1CCC(=O)N1)NCc1ccc2c(c1)OCO2. The van der Waals surface area contributed by atoms with E-state index in [2.05, 4.69) is 10.6 Å². The Kier molecular flexibility index (Phi) is 4.31. The molecule has 0 radical (unpaired) electrons. The summed E-state index contributed by atoms with van der Waals surface area (Å²) >= 11 is 0. The van der Waals surface area contributed by atoms with Crippen LogP contribution in [-0.4, -0.2) is 37.2 Å². The van der Waals surface area contributed by atoms with Crippen LogP contribution >= 0.6 is 0 Å². The van der Waals surface area contributed by atoms with Gasteiger partial charge in [0.15, 0.2) is 18.1 Å². The molecule has 1 fully saturated rings. The third-order valence-corrected chi connectivity index (χ3v) is 3.55. The molecule has 3 rings (SSSR count). The third-order valence-electron chi connectivity index (χ3n) is 3.55. The van der Waals surface area contributed by atoms with Crippen molar-refractivity contribution in [2.75, 3.05) is 13.4 Å². The lowest BCUT2D eigenvalue weighted by Gasteiger charge is -2.10. The molecule has 2 aliphatic heterocycles. The maximum atomic E-state index is 11.7. The first-order valence-corrected chi connectivity index (χ1v) is 7.23. The number of esters is 1. The lowest BCUT2D eigenvalue weighted by atomic mass is 10.2. The highest BCUT2D eigenvalue weighted by Crippen LogP contribution is 2.32. The smallest absolute Gasteiger partial charge is 0.329 e. The molecule has 0 spiro atoms. The molecule has 2 amide bonds. The van der Waals surface area contributed by atoms with Crippen molar-refractivity contribution < 1.29 is 28.6 Å². The predicted molar refractivity (Wildman–Crippen MR) is 76.5 cm³/mol. The van der Waals surface area contributed by atoms with Gasteiger partial charge >= 0.3 is 5.97 Å². The lowest BCUT2D eigenvalue weighted by Crippen LogP contribution is -2.37. The molecule has 0 aliphatic carbocycles. The zero-order valence-corrected chi connectivity index (χ0v) is 12.3. The van der Waals surface area contributed by atoms with E-state index < -0.39 is 17.9 Å². The fraction of sp³-hybridized carbons (Fsp3) is 0.400. The minimum Gasteiger partial charge on any atom is -0.454 e. The molecule has 122 valence electrons. The molecular formula is C15H16N2O6. The number of benzene rings is 1. The second kappa shape index (κ2) is 6.55. The van der Waals surface area contributed by atoms with Crippen LogP contribution in [0.3, 0.4) is 0 Å². The molecule has 2 heterocycles. The molecule has 1 aromatic rings. The van der Waals surface area contributed by atoms with Crippen LogP contribution in [0, 0.1) is 0 Å². The van der Waals surface area contributed by atoms with Gasteiger partial charge in [0.05, 0.1) is 0 Å². The number of nitrogens with one attached hydrogen (secondary N) is 2. The first kappa shape index (κ1) is 15.1. The Morgan fingerprint density at radius 2 is 2.13 bits per heavy atom. The van der Waals surface area contributed by atoms with Crippen LogP contribution in [0.2, 0.25) is 0 Å². The van der Waals surface area contributed by atoms with E-state index in [0.717, 1.165) is 5.56 Å². The van der Waals surface area contributed by atoms with E-state index in [1.807, 2.05) is 6.07 Å². The van der Waals surface area contributed by atoms with Crippen molar-refractivity contribution in [3.63, 3.8) is 0 Å². The summed E-state index contributed by atoms with van der Waals surface area (Å²) in [4.78, 5) is 34.4. The minimum absolute atomic E-state index is 0.181. The molecule has 0 bridgehead atoms. The molecule has 0 aromatic heterocycles. The molecular weight excluding hydrogens is 304 g/mol. The quantitative estimate of drug-likeness (QED) is 0.732. The first-order chi connectivity index (χ1) is 11.1. The van der Waals surface area contributed by atoms with Crippen molar-refractivity contribution in [1.82, 2.24) is 10.6 Å². The van der Waals surface area contributed by atoms with Gasteiger partial charge in [-0.3, -0.25) is 9.59 Å². The third kappa shape index (κ3) is 3.71. The molecule has 1 atom stereocenters. The summed E-state index contributed by atoms with van der Waals surface area (Å²) in [7, 11) is 0. The highest BCUT2D eigenvalue weighted by atomic mass is 16.7. The van der Waals surface area contributed by atoms with Crippen molar-refractivity contribution in [3.05, 3.63) is 23.8 Å². The maximum Gasteiger partial charge on any atom is 0.329 e. The first-order valence-electron chi connectivity index (χ1n) is 7.23. The van der Waals surface area contributed by atoms with Crippen molar-refractivity contribution in [2.24, 2.45) is 0 Å². The normalized spacial score (nSPS) is 18.4. The van der Waals surface area contributed by atoms with Gasteiger partial charge in [-0.1, -0.05) is 6.07 Å². The van der Waals surface area contributed by atoms with Crippen LogP contribution in [0.4, 0.5) is 0 Å². The number of ether oxygens (including phenoxy) is 3. The average Bonchev–Trinajstić information content (AvgIpc) is 3.18. The fourth-order valence-electron chi connectivity index (χ4n) is 2.33. The van der Waals surface area contributed by atoms with Gasteiger partial charge in [-0.2, -0.15) is 0 Å². The van der Waals surface area contributed by atoms with Crippen molar-refractivity contribution in [3.8, 4) is 11.5 Å². The summed E-state index contributed by atoms with van der Waals surface area (Å²) in [6, 6.07) is 4.72. The molecule has 1 aromatic carbocycles. The number of hydrogen-bond donors (Lipinski definition) is 2. The Balaban J connectivity index is 1.41. The topological polar surface area (TPSA) is 103 Å². The van der Waals surface area contributed by atoms with E-state index in [4.69, 9.17) is 14.2 Å². The van der Waals surface area contributed by atoms with Gasteiger partial charge < -0.3 is 24.8 Å². The summed E-state index contributed by atoms with van der Waals surface area (Å²) in [5.41, 5.74) is 0.844. The Labute approximate surface area is 132 Å². The molecule has 23 heavy (non-hydrogen) atoms. The van der Waals surface area contributed by atoms with Gasteiger partial charge in [0.25, 0.3) is 5.91 Å². The standard InChI is InChI=1S/C15H16N2O6/c18-13-4-2-10(17-13)15(20)21-7-14(19)16-6-9-1-3-11-12(5-9)23-8-22-11/h1,3,5,10H,2,4,6-8H2,(H,16,19)(H,17,18). The zero-order chi connectivity index (χ0) is 16.2. The highest BCUT2D eigenvalue weighted by Gasteiger charge is 2.28. The van der Waals surface area contributed by atoms with E-state index in [1.54, 1.807) is 12.1 Å². The molecule has 2 aliphatic rings. The van der Waals surface area contributed by atoms with Crippen LogP contribution in [0.25, 0.3) is 0 Å². The zero-order valence-electron chi connectivity index (χ0n) is 12.3. The predicted octanol–water partition coefficient (Wildman–Crippen LogP) is -0.147. The summed E-state index contributed by atoms with van der Waals surface area (Å²) in [6.45, 7) is 0.0990. The number of fused-ring (bicyclic) bond motifs is 1. The number of carbonyl (C=O) groups excluding carboxylic acids is 3. The van der Waals surface area contributed by atoms with Crippen LogP contribution in [0.1, 0.15) is 18.4 Å². The molecule has 2 N–H and O–H groups in total. The molecule has 8 nitrogen and oxygen atoms in total. The van der Waals surface area contributed by atoms with Crippen molar-refractivity contribution >= 4 is 17.8 Å². The van der Waals surface area contributed by atoms with Crippen molar-refractivity contribution in [1.29, 1.82) is 0 Å². The number of hydrogen-bond acceptors (Lipinski definition) is 6. The second-order valence-corrected chi connectivity index (χ2v) is 5.23. The number of rotatable bonds is 5. The Hall–Kier alpha value is -2.77. The van der Waals surface area contributed by atoms with Crippen LogP contribution in [0.15, 0.2) is 18.2 Å². The van der Waals surface area contributed by atoms with Gasteiger partial charge in [0.1, 0.15) is 6.04 Å². The summed E-state index contributed by atoms with van der Waals surface area (Å²) in [6.07, 6.45) is 0.701. The average molecular weight is 320 g/mol. The van der Waals surface area contributed by atoms with Gasteiger partial charge in [0.2, 0.25) is 12.7 Å². The molecule has 0 saturated carbocycles. The Bertz CT molecular complexity index is 645. The maximum absolute atomic E-state index is 11.7. The van der Waals surface area contributed by atoms with E-state index in [1.165, 1.54) is 0 Å². The summed E-state index contributed by atoms with van der Waals surface area (Å²) < 4.78 is 15.3. The molecule has 1 saturated heterocycles. The van der Waals surface area contributed by atoms with Gasteiger partial charge in [-0.25, -0.2) is 4.79 Å². The minimum atomic E-state index is -0.649. The Morgan fingerprint density at radius 1 is 1.30 bits per heavy atom. The molecule has 1 unspecified atom stereocenters. The van der Waals surface area contributed by atoms with E-state index in [9.17, 15) is 14.4 Å². The summed E-state index contributed by atoms with van der Waals surface area (Å²) in [5, 5.41) is 5.13. The fourth-order valence-corrected chi connectivity index (χ4v) is 2.33. The Morgan fingerprint density at radius 3 is 2.91 bits per heavy atom. The lowest BCUT2D eigenvalue weighted by molar-refractivity contribution is -0.150. The summed E-state index contributed by atoms with van der Waals surface area (Å²) in [5.74, 6) is 0.126.